The zero-order chi connectivity index (χ0) is 14.9. The Morgan fingerprint density at radius 3 is 2.00 bits per heavy atom. The average molecular weight is 270 g/mol. The van der Waals surface area contributed by atoms with Crippen LogP contribution in [0.5, 0.6) is 0 Å². The second-order valence-electron chi connectivity index (χ2n) is 5.80. The highest BCUT2D eigenvalue weighted by Gasteiger charge is 2.37. The lowest BCUT2D eigenvalue weighted by molar-refractivity contribution is -0.150. The van der Waals surface area contributed by atoms with E-state index in [0.717, 1.165) is 19.3 Å². The number of Topliss-reactive ketones (excluding diaryl/α,β-unsaturated/α-hetero) is 2. The van der Waals surface area contributed by atoms with Gasteiger partial charge in [0.1, 0.15) is 0 Å². The molecule has 0 aromatic carbocycles. The SMILES string of the molecule is CCCCCCCCC[C@H](C)C(=O)[C@@](C)(O)C(C)=O. The Bertz CT molecular complexity index is 282. The number of aliphatic hydroxyl groups is 1. The first-order chi connectivity index (χ1) is 8.84. The molecule has 0 spiro atoms. The number of hydrogen-bond donors (Lipinski definition) is 1. The summed E-state index contributed by atoms with van der Waals surface area (Å²) in [7, 11) is 0. The van der Waals surface area contributed by atoms with Gasteiger partial charge in [0.2, 0.25) is 0 Å². The molecule has 0 saturated heterocycles. The summed E-state index contributed by atoms with van der Waals surface area (Å²) in [4.78, 5) is 23.2. The van der Waals surface area contributed by atoms with E-state index >= 15 is 0 Å². The molecular weight excluding hydrogens is 240 g/mol. The molecular formula is C16H30O3. The van der Waals surface area contributed by atoms with Gasteiger partial charge in [-0.05, 0) is 20.3 Å². The van der Waals surface area contributed by atoms with Gasteiger partial charge in [-0.1, -0.05) is 58.8 Å². The van der Waals surface area contributed by atoms with E-state index in [2.05, 4.69) is 6.92 Å². The van der Waals surface area contributed by atoms with Crippen molar-refractivity contribution in [2.45, 2.75) is 84.7 Å². The Hall–Kier alpha value is -0.700. The van der Waals surface area contributed by atoms with Gasteiger partial charge in [0.25, 0.3) is 0 Å². The summed E-state index contributed by atoms with van der Waals surface area (Å²) < 4.78 is 0. The fourth-order valence-corrected chi connectivity index (χ4v) is 2.19. The molecule has 0 radical (unpaired) electrons. The molecule has 0 unspecified atom stereocenters. The molecule has 0 aliphatic carbocycles. The minimum atomic E-state index is -1.81. The van der Waals surface area contributed by atoms with Gasteiger partial charge in [-0.2, -0.15) is 0 Å². The molecule has 0 bridgehead atoms. The van der Waals surface area contributed by atoms with Crippen LogP contribution >= 0.6 is 0 Å². The number of carbonyl (C=O) groups is 2. The van der Waals surface area contributed by atoms with Crippen LogP contribution in [0.25, 0.3) is 0 Å². The molecule has 0 saturated carbocycles. The van der Waals surface area contributed by atoms with E-state index < -0.39 is 11.4 Å². The quantitative estimate of drug-likeness (QED) is 0.460. The smallest absolute Gasteiger partial charge is 0.178 e. The third-order valence-corrected chi connectivity index (χ3v) is 3.85. The van der Waals surface area contributed by atoms with E-state index in [-0.39, 0.29) is 11.7 Å². The lowest BCUT2D eigenvalue weighted by Gasteiger charge is -2.22. The summed E-state index contributed by atoms with van der Waals surface area (Å²) in [6.45, 7) is 6.57. The van der Waals surface area contributed by atoms with Crippen molar-refractivity contribution in [3.63, 3.8) is 0 Å². The van der Waals surface area contributed by atoms with Crippen LogP contribution < -0.4 is 0 Å². The standard InChI is InChI=1S/C16H30O3/c1-5-6-7-8-9-10-11-12-13(2)15(18)16(4,19)14(3)17/h13,19H,5-12H2,1-4H3/t13-,16-/m0/s1. The maximum absolute atomic E-state index is 11.9. The number of rotatable bonds is 11. The van der Waals surface area contributed by atoms with Crippen LogP contribution in [0.15, 0.2) is 0 Å². The molecule has 0 heterocycles. The van der Waals surface area contributed by atoms with Gasteiger partial charge in [0, 0.05) is 5.92 Å². The summed E-state index contributed by atoms with van der Waals surface area (Å²) >= 11 is 0. The van der Waals surface area contributed by atoms with Crippen molar-refractivity contribution in [1.82, 2.24) is 0 Å². The van der Waals surface area contributed by atoms with E-state index in [1.54, 1.807) is 6.92 Å². The minimum absolute atomic E-state index is 0.241. The monoisotopic (exact) mass is 270 g/mol. The molecule has 0 rings (SSSR count). The van der Waals surface area contributed by atoms with Gasteiger partial charge in [0.05, 0.1) is 0 Å². The Morgan fingerprint density at radius 1 is 1.05 bits per heavy atom. The maximum Gasteiger partial charge on any atom is 0.178 e. The van der Waals surface area contributed by atoms with Gasteiger partial charge in [0.15, 0.2) is 17.2 Å². The topological polar surface area (TPSA) is 54.4 Å². The summed E-state index contributed by atoms with van der Waals surface area (Å²) in [5.74, 6) is -1.05. The van der Waals surface area contributed by atoms with Crippen molar-refractivity contribution in [3.05, 3.63) is 0 Å². The van der Waals surface area contributed by atoms with Gasteiger partial charge in [-0.25, -0.2) is 0 Å². The predicted molar refractivity (Wildman–Crippen MR) is 78.1 cm³/mol. The highest BCUT2D eigenvalue weighted by Crippen LogP contribution is 2.19. The van der Waals surface area contributed by atoms with Crippen molar-refractivity contribution in [2.75, 3.05) is 0 Å². The summed E-state index contributed by atoms with van der Waals surface area (Å²) in [5.41, 5.74) is -1.81. The summed E-state index contributed by atoms with van der Waals surface area (Å²) in [6.07, 6.45) is 9.21. The maximum atomic E-state index is 11.9. The third-order valence-electron chi connectivity index (χ3n) is 3.85. The van der Waals surface area contributed by atoms with Crippen LogP contribution in [0, 0.1) is 5.92 Å². The summed E-state index contributed by atoms with van der Waals surface area (Å²) in [5, 5.41) is 9.83. The molecule has 0 aliphatic rings. The molecule has 0 aromatic rings. The highest BCUT2D eigenvalue weighted by molar-refractivity contribution is 6.09. The van der Waals surface area contributed by atoms with Crippen molar-refractivity contribution in [2.24, 2.45) is 5.92 Å². The first-order valence-electron chi connectivity index (χ1n) is 7.61. The predicted octanol–water partition coefficient (Wildman–Crippen LogP) is 3.67. The van der Waals surface area contributed by atoms with Crippen LogP contribution in [0.4, 0.5) is 0 Å². The zero-order valence-corrected chi connectivity index (χ0v) is 13.0. The minimum Gasteiger partial charge on any atom is -0.375 e. The van der Waals surface area contributed by atoms with Crippen LogP contribution in [-0.4, -0.2) is 22.3 Å². The molecule has 112 valence electrons. The average Bonchev–Trinajstić information content (AvgIpc) is 2.36. The molecule has 19 heavy (non-hydrogen) atoms. The Labute approximate surface area is 117 Å². The fraction of sp³-hybridized carbons (Fsp3) is 0.875. The van der Waals surface area contributed by atoms with E-state index in [4.69, 9.17) is 0 Å². The number of ketones is 2. The van der Waals surface area contributed by atoms with Gasteiger partial charge in [-0.15, -0.1) is 0 Å². The van der Waals surface area contributed by atoms with Gasteiger partial charge >= 0.3 is 0 Å². The van der Waals surface area contributed by atoms with Crippen LogP contribution in [-0.2, 0) is 9.59 Å². The molecule has 1 N–H and O–H groups in total. The van der Waals surface area contributed by atoms with Crippen LogP contribution in [0.2, 0.25) is 0 Å². The van der Waals surface area contributed by atoms with Crippen molar-refractivity contribution in [1.29, 1.82) is 0 Å². The molecule has 0 amide bonds. The molecule has 0 aromatic heterocycles. The van der Waals surface area contributed by atoms with E-state index in [1.165, 1.54) is 46.0 Å². The normalized spacial score (nSPS) is 15.8. The van der Waals surface area contributed by atoms with Crippen LogP contribution in [0.1, 0.15) is 79.1 Å². The lowest BCUT2D eigenvalue weighted by Crippen LogP contribution is -2.45. The van der Waals surface area contributed by atoms with Crippen molar-refractivity contribution >= 4 is 11.6 Å². The molecule has 3 heteroatoms. The molecule has 0 aliphatic heterocycles. The number of hydrogen-bond acceptors (Lipinski definition) is 3. The second-order valence-corrected chi connectivity index (χ2v) is 5.80. The zero-order valence-electron chi connectivity index (χ0n) is 13.0. The summed E-state index contributed by atoms with van der Waals surface area (Å²) in [6, 6.07) is 0. The van der Waals surface area contributed by atoms with Gasteiger partial charge in [-0.3, -0.25) is 9.59 Å². The van der Waals surface area contributed by atoms with E-state index in [0.29, 0.717) is 0 Å². The van der Waals surface area contributed by atoms with E-state index in [1.807, 2.05) is 0 Å². The molecule has 2 atom stereocenters. The second kappa shape index (κ2) is 9.24. The Balaban J connectivity index is 3.83. The number of carbonyl (C=O) groups excluding carboxylic acids is 2. The molecule has 0 fully saturated rings. The highest BCUT2D eigenvalue weighted by atomic mass is 16.3. The lowest BCUT2D eigenvalue weighted by atomic mass is 9.85. The largest absolute Gasteiger partial charge is 0.375 e. The van der Waals surface area contributed by atoms with Crippen molar-refractivity contribution in [3.8, 4) is 0 Å². The first-order valence-corrected chi connectivity index (χ1v) is 7.61. The Morgan fingerprint density at radius 2 is 1.53 bits per heavy atom. The van der Waals surface area contributed by atoms with Crippen molar-refractivity contribution < 1.29 is 14.7 Å². The van der Waals surface area contributed by atoms with Gasteiger partial charge < -0.3 is 5.11 Å². The third kappa shape index (κ3) is 6.86. The van der Waals surface area contributed by atoms with Crippen LogP contribution in [0.3, 0.4) is 0 Å². The first kappa shape index (κ1) is 18.3. The number of unbranched alkanes of at least 4 members (excludes halogenated alkanes) is 6. The fourth-order valence-electron chi connectivity index (χ4n) is 2.19. The Kier molecular flexibility index (Phi) is 8.90. The van der Waals surface area contributed by atoms with E-state index in [9.17, 15) is 14.7 Å². The molecule has 3 nitrogen and oxygen atoms in total.